The maximum Gasteiger partial charge on any atom is 0.284 e. The summed E-state index contributed by atoms with van der Waals surface area (Å²) in [6, 6.07) is 16.2. The molecule has 2 aromatic rings. The van der Waals surface area contributed by atoms with Gasteiger partial charge in [0.1, 0.15) is 5.84 Å². The van der Waals surface area contributed by atoms with Gasteiger partial charge in [-0.05, 0) is 49.6 Å². The van der Waals surface area contributed by atoms with Crippen molar-refractivity contribution >= 4 is 27.5 Å². The van der Waals surface area contributed by atoms with Gasteiger partial charge in [0.15, 0.2) is 0 Å². The van der Waals surface area contributed by atoms with E-state index in [2.05, 4.69) is 26.7 Å². The van der Waals surface area contributed by atoms with Crippen molar-refractivity contribution in [3.8, 4) is 0 Å². The number of anilines is 1. The van der Waals surface area contributed by atoms with Crippen LogP contribution in [0, 0.1) is 0 Å². The second-order valence-electron chi connectivity index (χ2n) is 8.14. The third kappa shape index (κ3) is 5.14. The highest BCUT2D eigenvalue weighted by Gasteiger charge is 2.31. The van der Waals surface area contributed by atoms with Crippen molar-refractivity contribution in [1.82, 2.24) is 9.80 Å². The fourth-order valence-electron chi connectivity index (χ4n) is 4.19. The molecule has 8 heteroatoms. The maximum atomic E-state index is 13.0. The summed E-state index contributed by atoms with van der Waals surface area (Å²) in [6.07, 6.45) is 3.31. The van der Waals surface area contributed by atoms with E-state index >= 15 is 0 Å². The van der Waals surface area contributed by atoms with Crippen molar-refractivity contribution in [1.29, 1.82) is 0 Å². The van der Waals surface area contributed by atoms with Crippen molar-refractivity contribution in [2.24, 2.45) is 4.40 Å². The van der Waals surface area contributed by atoms with Crippen LogP contribution in [0.15, 0.2) is 63.9 Å². The van der Waals surface area contributed by atoms with Gasteiger partial charge in [-0.2, -0.15) is 8.42 Å². The summed E-state index contributed by atoms with van der Waals surface area (Å²) in [5.74, 6) is 0.474. The molecule has 2 fully saturated rings. The molecule has 0 radical (unpaired) electrons. The van der Waals surface area contributed by atoms with Crippen molar-refractivity contribution in [3.63, 3.8) is 0 Å². The fraction of sp³-hybridized carbons (Fsp3) is 0.391. The van der Waals surface area contributed by atoms with Gasteiger partial charge >= 0.3 is 0 Å². The van der Waals surface area contributed by atoms with E-state index in [0.29, 0.717) is 17.9 Å². The predicted octanol–water partition coefficient (Wildman–Crippen LogP) is 3.10. The molecule has 0 aromatic heterocycles. The Bertz CT molecular complexity index is 1070. The van der Waals surface area contributed by atoms with E-state index in [-0.39, 0.29) is 16.8 Å². The molecule has 2 saturated heterocycles. The Morgan fingerprint density at radius 3 is 2.65 bits per heavy atom. The fourth-order valence-corrected chi connectivity index (χ4v) is 5.33. The van der Waals surface area contributed by atoms with Crippen LogP contribution in [0.4, 0.5) is 5.69 Å². The standard InChI is InChI=1S/C23H28N4O3S/c1-26-14-7-13-22(26)25-31(29,30)20-11-5-10-19(16-20)24-23(28)21-12-6-15-27(21)17-18-8-3-2-4-9-18/h2-5,8-11,16,21H,6-7,12-15,17H2,1H3,(H,24,28)/b25-22+. The number of amidine groups is 1. The minimum absolute atomic E-state index is 0.0886. The molecule has 0 saturated carbocycles. The Kier molecular flexibility index (Phi) is 6.38. The molecule has 1 amide bonds. The molecule has 1 N–H and O–H groups in total. The van der Waals surface area contributed by atoms with Crippen LogP contribution in [0.2, 0.25) is 0 Å². The van der Waals surface area contributed by atoms with Gasteiger partial charge in [-0.15, -0.1) is 4.40 Å². The highest BCUT2D eigenvalue weighted by Crippen LogP contribution is 2.24. The van der Waals surface area contributed by atoms with Gasteiger partial charge in [-0.3, -0.25) is 9.69 Å². The highest BCUT2D eigenvalue weighted by atomic mass is 32.2. The van der Waals surface area contributed by atoms with Gasteiger partial charge in [0.25, 0.3) is 10.0 Å². The van der Waals surface area contributed by atoms with E-state index in [1.807, 2.05) is 30.1 Å². The number of sulfonamides is 1. The van der Waals surface area contributed by atoms with Crippen LogP contribution < -0.4 is 5.32 Å². The Balaban J connectivity index is 1.46. The molecule has 7 nitrogen and oxygen atoms in total. The minimum atomic E-state index is -3.82. The number of hydrogen-bond acceptors (Lipinski definition) is 4. The van der Waals surface area contributed by atoms with Crippen molar-refractivity contribution in [2.75, 3.05) is 25.5 Å². The summed E-state index contributed by atoms with van der Waals surface area (Å²) >= 11 is 0. The number of rotatable bonds is 6. The SMILES string of the molecule is CN1CCC/C1=N\S(=O)(=O)c1cccc(NC(=O)C2CCCN2Cc2ccccc2)c1. The van der Waals surface area contributed by atoms with Crippen LogP contribution in [0.3, 0.4) is 0 Å². The van der Waals surface area contributed by atoms with E-state index in [0.717, 1.165) is 38.9 Å². The smallest absolute Gasteiger partial charge is 0.284 e. The number of likely N-dealkylation sites (tertiary alicyclic amines) is 2. The van der Waals surface area contributed by atoms with E-state index in [1.54, 1.807) is 12.1 Å². The molecule has 2 aromatic carbocycles. The number of nitrogens with one attached hydrogen (secondary N) is 1. The molecule has 4 rings (SSSR count). The zero-order chi connectivity index (χ0) is 21.8. The quantitative estimate of drug-likeness (QED) is 0.746. The molecule has 0 spiro atoms. The van der Waals surface area contributed by atoms with Gasteiger partial charge in [-0.1, -0.05) is 36.4 Å². The monoisotopic (exact) mass is 440 g/mol. The van der Waals surface area contributed by atoms with Crippen LogP contribution in [-0.2, 0) is 21.4 Å². The van der Waals surface area contributed by atoms with Crippen molar-refractivity contribution in [3.05, 3.63) is 60.2 Å². The minimum Gasteiger partial charge on any atom is -0.362 e. The summed E-state index contributed by atoms with van der Waals surface area (Å²) in [7, 11) is -1.97. The lowest BCUT2D eigenvalue weighted by Gasteiger charge is -2.23. The van der Waals surface area contributed by atoms with Gasteiger partial charge in [-0.25, -0.2) is 0 Å². The number of amides is 1. The van der Waals surface area contributed by atoms with Crippen LogP contribution >= 0.6 is 0 Å². The van der Waals surface area contributed by atoms with Crippen molar-refractivity contribution < 1.29 is 13.2 Å². The lowest BCUT2D eigenvalue weighted by atomic mass is 10.1. The molecule has 2 aliphatic rings. The second kappa shape index (κ2) is 9.20. The largest absolute Gasteiger partial charge is 0.362 e. The van der Waals surface area contributed by atoms with Crippen LogP contribution in [-0.4, -0.2) is 56.1 Å². The number of carbonyl (C=O) groups excluding carboxylic acids is 1. The molecule has 0 aliphatic carbocycles. The average Bonchev–Trinajstić information content (AvgIpc) is 3.38. The number of carbonyl (C=O) groups is 1. The summed E-state index contributed by atoms with van der Waals surface area (Å²) in [5, 5.41) is 2.91. The molecule has 31 heavy (non-hydrogen) atoms. The Hall–Kier alpha value is -2.71. The highest BCUT2D eigenvalue weighted by molar-refractivity contribution is 7.90. The lowest BCUT2D eigenvalue weighted by Crippen LogP contribution is -2.39. The average molecular weight is 441 g/mol. The number of hydrogen-bond donors (Lipinski definition) is 1. The van der Waals surface area contributed by atoms with Crippen LogP contribution in [0.5, 0.6) is 0 Å². The van der Waals surface area contributed by atoms with E-state index in [4.69, 9.17) is 0 Å². The first-order valence-corrected chi connectivity index (χ1v) is 12.1. The van der Waals surface area contributed by atoms with Gasteiger partial charge in [0.05, 0.1) is 10.9 Å². The summed E-state index contributed by atoms with van der Waals surface area (Å²) in [5.41, 5.74) is 1.64. The summed E-state index contributed by atoms with van der Waals surface area (Å²) < 4.78 is 29.5. The predicted molar refractivity (Wildman–Crippen MR) is 121 cm³/mol. The topological polar surface area (TPSA) is 82.1 Å². The first-order chi connectivity index (χ1) is 14.9. The van der Waals surface area contributed by atoms with Gasteiger partial charge < -0.3 is 10.2 Å². The van der Waals surface area contributed by atoms with Crippen molar-refractivity contribution in [2.45, 2.75) is 43.2 Å². The van der Waals surface area contributed by atoms with E-state index in [9.17, 15) is 13.2 Å². The van der Waals surface area contributed by atoms with Gasteiger partial charge in [0.2, 0.25) is 5.91 Å². The molecule has 0 bridgehead atoms. The first kappa shape index (κ1) is 21.5. The molecule has 2 aliphatic heterocycles. The number of nitrogens with zero attached hydrogens (tertiary/aromatic N) is 3. The molecule has 1 atom stereocenters. The molecule has 2 heterocycles. The van der Waals surface area contributed by atoms with Gasteiger partial charge in [0, 0.05) is 32.2 Å². The van der Waals surface area contributed by atoms with Crippen LogP contribution in [0.1, 0.15) is 31.2 Å². The summed E-state index contributed by atoms with van der Waals surface area (Å²) in [6.45, 7) is 2.40. The Labute approximate surface area is 183 Å². The molecule has 1 unspecified atom stereocenters. The molecular weight excluding hydrogens is 412 g/mol. The summed E-state index contributed by atoms with van der Waals surface area (Å²) in [4.78, 5) is 17.1. The Morgan fingerprint density at radius 2 is 1.90 bits per heavy atom. The zero-order valence-electron chi connectivity index (χ0n) is 17.7. The normalized spacial score (nSPS) is 21.0. The third-order valence-electron chi connectivity index (χ3n) is 5.85. The Morgan fingerprint density at radius 1 is 1.10 bits per heavy atom. The van der Waals surface area contributed by atoms with E-state index in [1.165, 1.54) is 17.7 Å². The lowest BCUT2D eigenvalue weighted by molar-refractivity contribution is -0.120. The number of benzene rings is 2. The second-order valence-corrected chi connectivity index (χ2v) is 9.74. The zero-order valence-corrected chi connectivity index (χ0v) is 18.5. The maximum absolute atomic E-state index is 13.0. The van der Waals surface area contributed by atoms with Crippen LogP contribution in [0.25, 0.3) is 0 Å². The molecule has 164 valence electrons. The third-order valence-corrected chi connectivity index (χ3v) is 7.16. The van der Waals surface area contributed by atoms with E-state index < -0.39 is 10.0 Å². The first-order valence-electron chi connectivity index (χ1n) is 10.7. The molecular formula is C23H28N4O3S.